The van der Waals surface area contributed by atoms with E-state index in [0.717, 1.165) is 0 Å². The Morgan fingerprint density at radius 1 is 1.29 bits per heavy atom. The maximum atomic E-state index is 11.4. The number of primary amides is 1. The lowest BCUT2D eigenvalue weighted by Gasteiger charge is -2.24. The molecule has 0 aliphatic heterocycles. The van der Waals surface area contributed by atoms with E-state index in [1.165, 1.54) is 6.92 Å². The van der Waals surface area contributed by atoms with E-state index in [1.807, 2.05) is 0 Å². The van der Waals surface area contributed by atoms with Crippen LogP contribution >= 0.6 is 0 Å². The summed E-state index contributed by atoms with van der Waals surface area (Å²) < 4.78 is 5.64. The Bertz CT molecular complexity index is 438. The van der Waals surface area contributed by atoms with Crippen molar-refractivity contribution in [2.24, 2.45) is 5.73 Å². The fraction of sp³-hybridized carbons (Fsp3) is 0.385. The highest BCUT2D eigenvalue weighted by molar-refractivity contribution is 5.84. The first-order valence-corrected chi connectivity index (χ1v) is 5.39. The van der Waals surface area contributed by atoms with Crippen LogP contribution in [0.1, 0.15) is 26.3 Å². The molecule has 0 aliphatic rings. The minimum Gasteiger partial charge on any atom is -0.480 e. The van der Waals surface area contributed by atoms with Gasteiger partial charge in [0.1, 0.15) is 5.75 Å². The van der Waals surface area contributed by atoms with E-state index in [-0.39, 0.29) is 12.2 Å². The molecule has 0 radical (unpaired) electrons. The molecule has 0 aliphatic carbocycles. The standard InChI is InChI=1S/C13H17NO3/c1-9(15)13(2,3)17-11-7-5-4-6-10(11)8-12(14)16/h4-7H,8H2,1-3H3,(H2,14,16). The molecule has 1 aromatic carbocycles. The van der Waals surface area contributed by atoms with Crippen molar-refractivity contribution in [1.29, 1.82) is 0 Å². The highest BCUT2D eigenvalue weighted by Crippen LogP contribution is 2.24. The summed E-state index contributed by atoms with van der Waals surface area (Å²) in [5.41, 5.74) is 4.94. The van der Waals surface area contributed by atoms with Crippen LogP contribution in [0, 0.1) is 0 Å². The number of carbonyl (C=O) groups excluding carboxylic acids is 2. The molecule has 1 aromatic rings. The smallest absolute Gasteiger partial charge is 0.221 e. The number of amides is 1. The van der Waals surface area contributed by atoms with E-state index in [9.17, 15) is 9.59 Å². The highest BCUT2D eigenvalue weighted by atomic mass is 16.5. The SMILES string of the molecule is CC(=O)C(C)(C)Oc1ccccc1CC(N)=O. The monoisotopic (exact) mass is 235 g/mol. The zero-order chi connectivity index (χ0) is 13.1. The average Bonchev–Trinajstić information content (AvgIpc) is 2.19. The molecular weight excluding hydrogens is 218 g/mol. The Morgan fingerprint density at radius 2 is 1.88 bits per heavy atom. The molecule has 0 fully saturated rings. The van der Waals surface area contributed by atoms with Crippen molar-refractivity contribution < 1.29 is 14.3 Å². The lowest BCUT2D eigenvalue weighted by Crippen LogP contribution is -2.36. The van der Waals surface area contributed by atoms with Crippen molar-refractivity contribution in [1.82, 2.24) is 0 Å². The number of benzene rings is 1. The summed E-state index contributed by atoms with van der Waals surface area (Å²) >= 11 is 0. The van der Waals surface area contributed by atoms with Crippen LogP contribution in [0.4, 0.5) is 0 Å². The van der Waals surface area contributed by atoms with Crippen LogP contribution in [0.15, 0.2) is 24.3 Å². The number of carbonyl (C=O) groups is 2. The maximum Gasteiger partial charge on any atom is 0.221 e. The molecule has 0 unspecified atom stereocenters. The normalized spacial score (nSPS) is 11.0. The Morgan fingerprint density at radius 3 is 2.41 bits per heavy atom. The van der Waals surface area contributed by atoms with Crippen LogP contribution in [0.3, 0.4) is 0 Å². The molecule has 1 amide bonds. The molecule has 17 heavy (non-hydrogen) atoms. The second-order valence-electron chi connectivity index (χ2n) is 4.42. The van der Waals surface area contributed by atoms with E-state index in [0.29, 0.717) is 11.3 Å². The molecular formula is C13H17NO3. The number of hydrogen-bond acceptors (Lipinski definition) is 3. The number of hydrogen-bond donors (Lipinski definition) is 1. The maximum absolute atomic E-state index is 11.4. The summed E-state index contributed by atoms with van der Waals surface area (Å²) in [6.07, 6.45) is 0.101. The largest absolute Gasteiger partial charge is 0.480 e. The van der Waals surface area contributed by atoms with Gasteiger partial charge in [0.2, 0.25) is 5.91 Å². The number of ether oxygens (including phenoxy) is 1. The van der Waals surface area contributed by atoms with Crippen molar-refractivity contribution in [2.45, 2.75) is 32.8 Å². The van der Waals surface area contributed by atoms with Gasteiger partial charge in [-0.2, -0.15) is 0 Å². The van der Waals surface area contributed by atoms with E-state index in [2.05, 4.69) is 0 Å². The van der Waals surface area contributed by atoms with Crippen molar-refractivity contribution in [3.05, 3.63) is 29.8 Å². The van der Waals surface area contributed by atoms with Gasteiger partial charge in [-0.1, -0.05) is 18.2 Å². The van der Waals surface area contributed by atoms with Crippen LogP contribution in [0.2, 0.25) is 0 Å². The Balaban J connectivity index is 2.98. The number of rotatable bonds is 5. The molecule has 4 nitrogen and oxygen atoms in total. The predicted molar refractivity (Wildman–Crippen MR) is 64.7 cm³/mol. The first kappa shape index (κ1) is 13.2. The molecule has 0 saturated carbocycles. The predicted octanol–water partition coefficient (Wildman–Crippen LogP) is 1.46. The van der Waals surface area contributed by atoms with Crippen LogP contribution in [0.5, 0.6) is 5.75 Å². The lowest BCUT2D eigenvalue weighted by molar-refractivity contribution is -0.129. The Hall–Kier alpha value is -1.84. The van der Waals surface area contributed by atoms with Gasteiger partial charge in [-0.3, -0.25) is 9.59 Å². The summed E-state index contributed by atoms with van der Waals surface area (Å²) in [4.78, 5) is 22.3. The van der Waals surface area contributed by atoms with Gasteiger partial charge in [-0.15, -0.1) is 0 Å². The van der Waals surface area contributed by atoms with E-state index in [1.54, 1.807) is 38.1 Å². The average molecular weight is 235 g/mol. The number of para-hydroxylation sites is 1. The van der Waals surface area contributed by atoms with Crippen molar-refractivity contribution >= 4 is 11.7 Å². The van der Waals surface area contributed by atoms with Crippen LogP contribution in [-0.4, -0.2) is 17.3 Å². The molecule has 2 N–H and O–H groups in total. The molecule has 92 valence electrons. The first-order valence-electron chi connectivity index (χ1n) is 5.39. The highest BCUT2D eigenvalue weighted by Gasteiger charge is 2.26. The van der Waals surface area contributed by atoms with Gasteiger partial charge in [-0.25, -0.2) is 0 Å². The minimum absolute atomic E-state index is 0.0774. The van der Waals surface area contributed by atoms with Crippen molar-refractivity contribution in [3.63, 3.8) is 0 Å². The van der Waals surface area contributed by atoms with Crippen molar-refractivity contribution in [2.75, 3.05) is 0 Å². The van der Waals surface area contributed by atoms with Crippen molar-refractivity contribution in [3.8, 4) is 5.75 Å². The van der Waals surface area contributed by atoms with Crippen LogP contribution in [0.25, 0.3) is 0 Å². The van der Waals surface area contributed by atoms with Gasteiger partial charge in [0.15, 0.2) is 11.4 Å². The fourth-order valence-corrected chi connectivity index (χ4v) is 1.28. The number of ketones is 1. The van der Waals surface area contributed by atoms with Crippen LogP contribution in [-0.2, 0) is 16.0 Å². The number of nitrogens with two attached hydrogens (primary N) is 1. The number of Topliss-reactive ketones (excluding diaryl/α,β-unsaturated/α-hetero) is 1. The Labute approximate surface area is 101 Å². The molecule has 0 aromatic heterocycles. The second-order valence-corrected chi connectivity index (χ2v) is 4.42. The topological polar surface area (TPSA) is 69.4 Å². The third-order valence-electron chi connectivity index (χ3n) is 2.55. The lowest BCUT2D eigenvalue weighted by atomic mass is 10.0. The van der Waals surface area contributed by atoms with E-state index >= 15 is 0 Å². The summed E-state index contributed by atoms with van der Waals surface area (Å²) in [7, 11) is 0. The van der Waals surface area contributed by atoms with Gasteiger partial charge in [0.05, 0.1) is 6.42 Å². The molecule has 4 heteroatoms. The molecule has 0 spiro atoms. The quantitative estimate of drug-likeness (QED) is 0.840. The minimum atomic E-state index is -0.909. The summed E-state index contributed by atoms with van der Waals surface area (Å²) in [5, 5.41) is 0. The first-order chi connectivity index (χ1) is 7.83. The third-order valence-corrected chi connectivity index (χ3v) is 2.55. The van der Waals surface area contributed by atoms with E-state index in [4.69, 9.17) is 10.5 Å². The molecule has 0 saturated heterocycles. The summed E-state index contributed by atoms with van der Waals surface area (Å²) in [6, 6.07) is 7.07. The van der Waals surface area contributed by atoms with Crippen LogP contribution < -0.4 is 10.5 Å². The Kier molecular flexibility index (Phi) is 3.89. The zero-order valence-electron chi connectivity index (χ0n) is 10.3. The van der Waals surface area contributed by atoms with Gasteiger partial charge in [0, 0.05) is 5.56 Å². The van der Waals surface area contributed by atoms with Gasteiger partial charge in [0.25, 0.3) is 0 Å². The zero-order valence-corrected chi connectivity index (χ0v) is 10.3. The summed E-state index contributed by atoms with van der Waals surface area (Å²) in [6.45, 7) is 4.85. The third kappa shape index (κ3) is 3.59. The van der Waals surface area contributed by atoms with E-state index < -0.39 is 11.5 Å². The molecule has 0 bridgehead atoms. The molecule has 0 atom stereocenters. The molecule has 0 heterocycles. The van der Waals surface area contributed by atoms with Gasteiger partial charge < -0.3 is 10.5 Å². The summed E-state index contributed by atoms with van der Waals surface area (Å²) in [5.74, 6) is 0.0135. The van der Waals surface area contributed by atoms with Gasteiger partial charge >= 0.3 is 0 Å². The van der Waals surface area contributed by atoms with Gasteiger partial charge in [-0.05, 0) is 26.8 Å². The fourth-order valence-electron chi connectivity index (χ4n) is 1.28. The molecule has 1 rings (SSSR count). The second kappa shape index (κ2) is 4.99.